The van der Waals surface area contributed by atoms with Crippen LogP contribution in [0.4, 0.5) is 4.39 Å². The topological polar surface area (TPSA) is 21.6 Å². The summed E-state index contributed by atoms with van der Waals surface area (Å²) in [7, 11) is 0. The van der Waals surface area contributed by atoms with Crippen LogP contribution in [0.3, 0.4) is 0 Å². The lowest BCUT2D eigenvalue weighted by Crippen LogP contribution is -1.86. The third-order valence-electron chi connectivity index (χ3n) is 1.27. The van der Waals surface area contributed by atoms with Crippen LogP contribution in [-0.2, 0) is 4.84 Å². The van der Waals surface area contributed by atoms with E-state index in [1.165, 1.54) is 18.3 Å². The van der Waals surface area contributed by atoms with Crippen LogP contribution in [0.5, 0.6) is 0 Å². The zero-order chi connectivity index (χ0) is 9.52. The molecule has 0 bridgehead atoms. The molecule has 1 rings (SSSR count). The molecular formula is C10H8FNO. The van der Waals surface area contributed by atoms with Crippen LogP contribution in [0.2, 0.25) is 0 Å². The first-order chi connectivity index (χ1) is 6.33. The molecular weight excluding hydrogens is 169 g/mol. The molecule has 1 aromatic carbocycles. The van der Waals surface area contributed by atoms with Crippen LogP contribution in [0, 0.1) is 18.2 Å². The highest BCUT2D eigenvalue weighted by Gasteiger charge is 1.90. The predicted octanol–water partition coefficient (Wildman–Crippen LogP) is 1.81. The molecule has 0 unspecified atom stereocenters. The molecule has 13 heavy (non-hydrogen) atoms. The quantitative estimate of drug-likeness (QED) is 0.298. The third-order valence-corrected chi connectivity index (χ3v) is 1.27. The molecule has 0 aliphatic carbocycles. The molecule has 0 aromatic heterocycles. The standard InChI is InChI=1S/C10H8FNO/c1-2-6-13-12-8-9-4-3-5-10(11)7-9/h1,3-5,7-8H,6H2. The van der Waals surface area contributed by atoms with Gasteiger partial charge in [0.25, 0.3) is 0 Å². The molecule has 2 nitrogen and oxygen atoms in total. The highest BCUT2D eigenvalue weighted by molar-refractivity contribution is 5.78. The van der Waals surface area contributed by atoms with Gasteiger partial charge in [0.05, 0.1) is 6.21 Å². The van der Waals surface area contributed by atoms with Gasteiger partial charge in [-0.15, -0.1) is 6.42 Å². The first kappa shape index (κ1) is 9.27. The number of terminal acetylenes is 1. The van der Waals surface area contributed by atoms with E-state index < -0.39 is 0 Å². The number of oxime groups is 1. The van der Waals surface area contributed by atoms with Crippen LogP contribution < -0.4 is 0 Å². The fourth-order valence-corrected chi connectivity index (χ4v) is 0.760. The van der Waals surface area contributed by atoms with Gasteiger partial charge in [-0.3, -0.25) is 0 Å². The van der Waals surface area contributed by atoms with Gasteiger partial charge < -0.3 is 4.84 Å². The summed E-state index contributed by atoms with van der Waals surface area (Å²) in [6.07, 6.45) is 6.33. The van der Waals surface area contributed by atoms with Crippen molar-refractivity contribution in [3.05, 3.63) is 35.6 Å². The van der Waals surface area contributed by atoms with Crippen LogP contribution in [0.1, 0.15) is 5.56 Å². The van der Waals surface area contributed by atoms with Gasteiger partial charge in [0.15, 0.2) is 6.61 Å². The van der Waals surface area contributed by atoms with Crippen molar-refractivity contribution in [1.82, 2.24) is 0 Å². The minimum atomic E-state index is -0.305. The van der Waals surface area contributed by atoms with Gasteiger partial charge in [0.1, 0.15) is 5.82 Å². The summed E-state index contributed by atoms with van der Waals surface area (Å²) in [5, 5.41) is 3.54. The minimum absolute atomic E-state index is 0.117. The number of nitrogens with zero attached hydrogens (tertiary/aromatic N) is 1. The highest BCUT2D eigenvalue weighted by Crippen LogP contribution is 2.00. The number of halogens is 1. The summed E-state index contributed by atoms with van der Waals surface area (Å²) in [4.78, 5) is 4.64. The molecule has 0 heterocycles. The van der Waals surface area contributed by atoms with E-state index in [9.17, 15) is 4.39 Å². The van der Waals surface area contributed by atoms with E-state index in [1.54, 1.807) is 12.1 Å². The van der Waals surface area contributed by atoms with Crippen LogP contribution in [0.15, 0.2) is 29.4 Å². The lowest BCUT2D eigenvalue weighted by Gasteiger charge is -1.92. The molecule has 0 fully saturated rings. The monoisotopic (exact) mass is 177 g/mol. The SMILES string of the molecule is C#CCON=Cc1cccc(F)c1. The molecule has 0 saturated carbocycles. The Morgan fingerprint density at radius 1 is 1.62 bits per heavy atom. The fraction of sp³-hybridized carbons (Fsp3) is 0.100. The average molecular weight is 177 g/mol. The Hall–Kier alpha value is -1.82. The Kier molecular flexibility index (Phi) is 3.52. The van der Waals surface area contributed by atoms with Crippen molar-refractivity contribution in [2.24, 2.45) is 5.16 Å². The lowest BCUT2D eigenvalue weighted by molar-refractivity contribution is 0.181. The van der Waals surface area contributed by atoms with E-state index in [2.05, 4.69) is 15.9 Å². The molecule has 0 aliphatic heterocycles. The molecule has 0 amide bonds. The second-order valence-electron chi connectivity index (χ2n) is 2.27. The Labute approximate surface area is 76.0 Å². The van der Waals surface area contributed by atoms with Crippen molar-refractivity contribution in [3.8, 4) is 12.3 Å². The van der Waals surface area contributed by atoms with Gasteiger partial charge in [-0.1, -0.05) is 23.2 Å². The van der Waals surface area contributed by atoms with Gasteiger partial charge in [0, 0.05) is 0 Å². The second-order valence-corrected chi connectivity index (χ2v) is 2.27. The maximum absolute atomic E-state index is 12.6. The average Bonchev–Trinajstić information content (AvgIpc) is 2.13. The normalized spacial score (nSPS) is 9.85. The Balaban J connectivity index is 2.54. The Bertz CT molecular complexity index is 341. The second kappa shape index (κ2) is 4.94. The zero-order valence-corrected chi connectivity index (χ0v) is 6.90. The minimum Gasteiger partial charge on any atom is -0.383 e. The number of rotatable bonds is 3. The van der Waals surface area contributed by atoms with Crippen molar-refractivity contribution in [3.63, 3.8) is 0 Å². The predicted molar refractivity (Wildman–Crippen MR) is 48.8 cm³/mol. The molecule has 0 aliphatic rings. The van der Waals surface area contributed by atoms with E-state index >= 15 is 0 Å². The molecule has 0 saturated heterocycles. The Morgan fingerprint density at radius 2 is 2.46 bits per heavy atom. The zero-order valence-electron chi connectivity index (χ0n) is 6.90. The summed E-state index contributed by atoms with van der Waals surface area (Å²) >= 11 is 0. The van der Waals surface area contributed by atoms with Gasteiger partial charge in [-0.25, -0.2) is 4.39 Å². The van der Waals surface area contributed by atoms with Crippen LogP contribution in [-0.4, -0.2) is 12.8 Å². The summed E-state index contributed by atoms with van der Waals surface area (Å²) in [6.45, 7) is 0.117. The molecule has 0 radical (unpaired) electrons. The molecule has 3 heteroatoms. The fourth-order valence-electron chi connectivity index (χ4n) is 0.760. The van der Waals surface area contributed by atoms with Crippen molar-refractivity contribution in [1.29, 1.82) is 0 Å². The highest BCUT2D eigenvalue weighted by atomic mass is 19.1. The van der Waals surface area contributed by atoms with Crippen molar-refractivity contribution in [2.45, 2.75) is 0 Å². The first-order valence-corrected chi connectivity index (χ1v) is 3.67. The van der Waals surface area contributed by atoms with E-state index in [0.29, 0.717) is 5.56 Å². The van der Waals surface area contributed by atoms with Gasteiger partial charge in [-0.05, 0) is 17.7 Å². The maximum Gasteiger partial charge on any atom is 0.177 e. The molecule has 0 spiro atoms. The number of benzene rings is 1. The molecule has 66 valence electrons. The summed E-state index contributed by atoms with van der Waals surface area (Å²) in [5.74, 6) is 1.95. The van der Waals surface area contributed by atoms with Gasteiger partial charge in [-0.2, -0.15) is 0 Å². The maximum atomic E-state index is 12.6. The summed E-state index contributed by atoms with van der Waals surface area (Å²) < 4.78 is 12.6. The molecule has 0 atom stereocenters. The van der Waals surface area contributed by atoms with E-state index in [-0.39, 0.29) is 12.4 Å². The number of hydrogen-bond acceptors (Lipinski definition) is 2. The molecule has 1 aromatic rings. The third kappa shape index (κ3) is 3.39. The van der Waals surface area contributed by atoms with E-state index in [0.717, 1.165) is 0 Å². The summed E-state index contributed by atoms with van der Waals surface area (Å²) in [6, 6.07) is 6.02. The summed E-state index contributed by atoms with van der Waals surface area (Å²) in [5.41, 5.74) is 0.636. The van der Waals surface area contributed by atoms with Crippen molar-refractivity contribution >= 4 is 6.21 Å². The first-order valence-electron chi connectivity index (χ1n) is 3.67. The van der Waals surface area contributed by atoms with Crippen molar-refractivity contribution in [2.75, 3.05) is 6.61 Å². The van der Waals surface area contributed by atoms with Crippen LogP contribution >= 0.6 is 0 Å². The van der Waals surface area contributed by atoms with Crippen LogP contribution in [0.25, 0.3) is 0 Å². The van der Waals surface area contributed by atoms with E-state index in [1.807, 2.05) is 0 Å². The largest absolute Gasteiger partial charge is 0.383 e. The van der Waals surface area contributed by atoms with Gasteiger partial charge >= 0.3 is 0 Å². The lowest BCUT2D eigenvalue weighted by atomic mass is 10.2. The van der Waals surface area contributed by atoms with E-state index in [4.69, 9.17) is 6.42 Å². The number of hydrogen-bond donors (Lipinski definition) is 0. The molecule has 0 N–H and O–H groups in total. The smallest absolute Gasteiger partial charge is 0.177 e. The Morgan fingerprint density at radius 3 is 3.15 bits per heavy atom. The van der Waals surface area contributed by atoms with Gasteiger partial charge in [0.2, 0.25) is 0 Å². The van der Waals surface area contributed by atoms with Crippen molar-refractivity contribution < 1.29 is 9.23 Å².